The molecule has 0 aliphatic carbocycles. The molecule has 0 saturated carbocycles. The molecule has 1 aromatic heterocycles. The Morgan fingerprint density at radius 2 is 1.48 bits per heavy atom. The molecule has 0 aliphatic heterocycles. The van der Waals surface area contributed by atoms with Crippen molar-refractivity contribution >= 4 is 5.91 Å². The maximum atomic E-state index is 13.0. The number of carbonyl (C=O) groups is 1. The minimum Gasteiger partial charge on any atom is -0.348 e. The first kappa shape index (κ1) is 18.7. The first-order chi connectivity index (χ1) is 14.1. The topological polar surface area (TPSA) is 46.9 Å². The van der Waals surface area contributed by atoms with Crippen molar-refractivity contribution in [3.8, 4) is 16.8 Å². The molecule has 4 nitrogen and oxygen atoms in total. The summed E-state index contributed by atoms with van der Waals surface area (Å²) in [6.45, 7) is 4.45. The van der Waals surface area contributed by atoms with E-state index in [2.05, 4.69) is 10.4 Å². The van der Waals surface area contributed by atoms with Crippen molar-refractivity contribution in [3.05, 3.63) is 107 Å². The van der Waals surface area contributed by atoms with Crippen LogP contribution in [0.5, 0.6) is 0 Å². The van der Waals surface area contributed by atoms with E-state index in [9.17, 15) is 4.79 Å². The van der Waals surface area contributed by atoms with E-state index in [0.29, 0.717) is 12.1 Å². The molecule has 4 aromatic rings. The molecule has 3 aromatic carbocycles. The summed E-state index contributed by atoms with van der Waals surface area (Å²) in [6.07, 6.45) is 0. The molecule has 1 heterocycles. The number of amides is 1. The number of rotatable bonds is 5. The highest BCUT2D eigenvalue weighted by Gasteiger charge is 2.16. The van der Waals surface area contributed by atoms with Crippen LogP contribution in [0.3, 0.4) is 0 Å². The minimum atomic E-state index is -0.0873. The van der Waals surface area contributed by atoms with Crippen LogP contribution >= 0.6 is 0 Å². The average Bonchev–Trinajstić information content (AvgIpc) is 3.06. The second-order valence-corrected chi connectivity index (χ2v) is 6.99. The lowest BCUT2D eigenvalue weighted by atomic mass is 9.99. The SMILES string of the molecule is Cc1nn(-c2ccccc2)c(C)c1CNC(=O)c1ccccc1-c1ccccc1. The Bertz CT molecular complexity index is 1130. The van der Waals surface area contributed by atoms with Crippen molar-refractivity contribution in [1.82, 2.24) is 15.1 Å². The molecular formula is C25H23N3O. The van der Waals surface area contributed by atoms with Crippen LogP contribution in [0.4, 0.5) is 0 Å². The lowest BCUT2D eigenvalue weighted by molar-refractivity contribution is 0.0951. The molecular weight excluding hydrogens is 358 g/mol. The lowest BCUT2D eigenvalue weighted by Crippen LogP contribution is -2.24. The smallest absolute Gasteiger partial charge is 0.252 e. The average molecular weight is 381 g/mol. The number of aryl methyl sites for hydroxylation is 1. The van der Waals surface area contributed by atoms with E-state index >= 15 is 0 Å². The minimum absolute atomic E-state index is 0.0873. The fourth-order valence-electron chi connectivity index (χ4n) is 3.57. The van der Waals surface area contributed by atoms with Crippen LogP contribution in [0, 0.1) is 13.8 Å². The van der Waals surface area contributed by atoms with Crippen LogP contribution in [0.2, 0.25) is 0 Å². The Morgan fingerprint density at radius 1 is 0.862 bits per heavy atom. The van der Waals surface area contributed by atoms with Crippen molar-refractivity contribution in [2.75, 3.05) is 0 Å². The van der Waals surface area contributed by atoms with Crippen molar-refractivity contribution in [3.63, 3.8) is 0 Å². The lowest BCUT2D eigenvalue weighted by Gasteiger charge is -2.11. The highest BCUT2D eigenvalue weighted by atomic mass is 16.1. The molecule has 0 saturated heterocycles. The van der Waals surface area contributed by atoms with Crippen LogP contribution in [-0.2, 0) is 6.54 Å². The molecule has 0 bridgehead atoms. The van der Waals surface area contributed by atoms with Gasteiger partial charge in [0.2, 0.25) is 0 Å². The predicted octanol–water partition coefficient (Wildman–Crippen LogP) is 5.09. The van der Waals surface area contributed by atoms with E-state index in [1.165, 1.54) is 0 Å². The summed E-state index contributed by atoms with van der Waals surface area (Å²) in [4.78, 5) is 13.0. The number of hydrogen-bond donors (Lipinski definition) is 1. The zero-order valence-electron chi connectivity index (χ0n) is 16.6. The van der Waals surface area contributed by atoms with Crippen LogP contribution in [0.1, 0.15) is 27.3 Å². The summed E-state index contributed by atoms with van der Waals surface area (Å²) in [6, 6.07) is 27.7. The Balaban J connectivity index is 1.57. The number of carbonyl (C=O) groups excluding carboxylic acids is 1. The van der Waals surface area contributed by atoms with Crippen molar-refractivity contribution in [1.29, 1.82) is 0 Å². The number of nitrogens with zero attached hydrogens (tertiary/aromatic N) is 2. The summed E-state index contributed by atoms with van der Waals surface area (Å²) >= 11 is 0. The van der Waals surface area contributed by atoms with Gasteiger partial charge in [-0.3, -0.25) is 4.79 Å². The van der Waals surface area contributed by atoms with Crippen molar-refractivity contribution in [2.45, 2.75) is 20.4 Å². The summed E-state index contributed by atoms with van der Waals surface area (Å²) in [7, 11) is 0. The Labute approximate surface area is 170 Å². The van der Waals surface area contributed by atoms with Crippen LogP contribution in [0.25, 0.3) is 16.8 Å². The van der Waals surface area contributed by atoms with E-state index in [4.69, 9.17) is 0 Å². The molecule has 1 N–H and O–H groups in total. The van der Waals surface area contributed by atoms with Crippen LogP contribution < -0.4 is 5.32 Å². The maximum Gasteiger partial charge on any atom is 0.252 e. The van der Waals surface area contributed by atoms with E-state index in [1.54, 1.807) is 0 Å². The van der Waals surface area contributed by atoms with E-state index in [1.807, 2.05) is 103 Å². The molecule has 1 amide bonds. The number of aromatic nitrogens is 2. The molecule has 29 heavy (non-hydrogen) atoms. The molecule has 0 aliphatic rings. The zero-order chi connectivity index (χ0) is 20.2. The van der Waals surface area contributed by atoms with Crippen molar-refractivity contribution < 1.29 is 4.79 Å². The maximum absolute atomic E-state index is 13.0. The summed E-state index contributed by atoms with van der Waals surface area (Å²) in [5.74, 6) is -0.0873. The number of benzene rings is 3. The highest BCUT2D eigenvalue weighted by molar-refractivity contribution is 6.00. The fraction of sp³-hybridized carbons (Fsp3) is 0.120. The summed E-state index contributed by atoms with van der Waals surface area (Å²) < 4.78 is 1.93. The quantitative estimate of drug-likeness (QED) is 0.524. The third kappa shape index (κ3) is 3.83. The van der Waals surface area contributed by atoms with Gasteiger partial charge in [-0.15, -0.1) is 0 Å². The monoisotopic (exact) mass is 381 g/mol. The van der Waals surface area contributed by atoms with Gasteiger partial charge in [-0.25, -0.2) is 4.68 Å². The first-order valence-corrected chi connectivity index (χ1v) is 9.68. The third-order valence-corrected chi connectivity index (χ3v) is 5.12. The van der Waals surface area contributed by atoms with Crippen LogP contribution in [0.15, 0.2) is 84.9 Å². The highest BCUT2D eigenvalue weighted by Crippen LogP contribution is 2.24. The third-order valence-electron chi connectivity index (χ3n) is 5.12. The standard InChI is InChI=1S/C25H23N3O/c1-18-24(19(2)28(27-18)21-13-7-4-8-14-21)17-26-25(29)23-16-10-9-15-22(23)20-11-5-3-6-12-20/h3-16H,17H2,1-2H3,(H,26,29). The van der Waals surface area contributed by atoms with Gasteiger partial charge in [0.1, 0.15) is 0 Å². The molecule has 0 unspecified atom stereocenters. The van der Waals surface area contributed by atoms with Crippen LogP contribution in [-0.4, -0.2) is 15.7 Å². The predicted molar refractivity (Wildman–Crippen MR) is 116 cm³/mol. The Hall–Kier alpha value is -3.66. The summed E-state index contributed by atoms with van der Waals surface area (Å²) in [5, 5.41) is 7.74. The van der Waals surface area contributed by atoms with Gasteiger partial charge in [0.25, 0.3) is 5.91 Å². The molecule has 4 heteroatoms. The largest absolute Gasteiger partial charge is 0.348 e. The van der Waals surface area contributed by atoms with Gasteiger partial charge in [-0.2, -0.15) is 5.10 Å². The second kappa shape index (κ2) is 8.15. The Morgan fingerprint density at radius 3 is 2.21 bits per heavy atom. The van der Waals surface area contributed by atoms with Gasteiger partial charge in [0.05, 0.1) is 11.4 Å². The van der Waals surface area contributed by atoms with Gasteiger partial charge >= 0.3 is 0 Å². The van der Waals surface area contributed by atoms with E-state index < -0.39 is 0 Å². The molecule has 0 spiro atoms. The van der Waals surface area contributed by atoms with E-state index in [0.717, 1.165) is 33.8 Å². The molecule has 4 rings (SSSR count). The Kier molecular flexibility index (Phi) is 5.25. The van der Waals surface area contributed by atoms with Gasteiger partial charge in [0, 0.05) is 23.4 Å². The summed E-state index contributed by atoms with van der Waals surface area (Å²) in [5.41, 5.74) is 6.64. The molecule has 144 valence electrons. The van der Waals surface area contributed by atoms with Gasteiger partial charge < -0.3 is 5.32 Å². The molecule has 0 radical (unpaired) electrons. The second-order valence-electron chi connectivity index (χ2n) is 6.99. The normalized spacial score (nSPS) is 10.7. The first-order valence-electron chi connectivity index (χ1n) is 9.68. The molecule has 0 atom stereocenters. The molecule has 0 fully saturated rings. The fourth-order valence-corrected chi connectivity index (χ4v) is 3.57. The van der Waals surface area contributed by atoms with Gasteiger partial charge in [0.15, 0.2) is 0 Å². The number of para-hydroxylation sites is 1. The van der Waals surface area contributed by atoms with Gasteiger partial charge in [-0.05, 0) is 43.2 Å². The van der Waals surface area contributed by atoms with Crippen molar-refractivity contribution in [2.24, 2.45) is 0 Å². The van der Waals surface area contributed by atoms with E-state index in [-0.39, 0.29) is 5.91 Å². The number of nitrogens with one attached hydrogen (secondary N) is 1. The van der Waals surface area contributed by atoms with Gasteiger partial charge in [-0.1, -0.05) is 66.7 Å². The number of hydrogen-bond acceptors (Lipinski definition) is 2. The zero-order valence-corrected chi connectivity index (χ0v) is 16.6.